The van der Waals surface area contributed by atoms with E-state index >= 15 is 0 Å². The van der Waals surface area contributed by atoms with Gasteiger partial charge in [-0.1, -0.05) is 91.0 Å². The molecule has 0 aliphatic rings. The Bertz CT molecular complexity index is 2100. The maximum absolute atomic E-state index is 11.7. The number of carboxylic acid groups (broad SMARTS) is 1. The summed E-state index contributed by atoms with van der Waals surface area (Å²) >= 11 is 0. The maximum atomic E-state index is 11.7. The average Bonchev–Trinajstić information content (AvgIpc) is 3.12. The molecule has 0 fully saturated rings. The molecule has 6 aromatic rings. The minimum atomic E-state index is -1.09. The summed E-state index contributed by atoms with van der Waals surface area (Å²) in [5.41, 5.74) is 6.62. The number of benzene rings is 5. The number of nitrogens with one attached hydrogen (secondary N) is 3. The molecule has 9 nitrogen and oxygen atoms in total. The standard InChI is InChI=1S/C40H37N3O6/c44-35-18-16-33(34-17-19-37(46)42-39(34)35)36(45)25-41-24-27-6-4-9-30(22-27)28-14-12-26(13-15-28)20-21-49-32-11-5-10-31(23-32)38(43-40(47)48)29-7-2-1-3-8-29/h1-19,22-23,36,38,41,43-45H,20-21,24-25H2,(H,42,46)(H,47,48)/t36-,38?/m1/s1. The Balaban J connectivity index is 1.02. The average molecular weight is 656 g/mol. The molecule has 6 N–H and O–H groups in total. The lowest BCUT2D eigenvalue weighted by Crippen LogP contribution is -2.27. The number of aliphatic hydroxyl groups excluding tert-OH is 1. The van der Waals surface area contributed by atoms with E-state index in [1.54, 1.807) is 12.1 Å². The quantitative estimate of drug-likeness (QED) is 0.0812. The monoisotopic (exact) mass is 655 g/mol. The fourth-order valence-electron chi connectivity index (χ4n) is 5.94. The van der Waals surface area contributed by atoms with Crippen LogP contribution >= 0.6 is 0 Å². The zero-order valence-electron chi connectivity index (χ0n) is 26.7. The van der Waals surface area contributed by atoms with E-state index in [0.29, 0.717) is 41.8 Å². The number of H-pyrrole nitrogens is 1. The minimum Gasteiger partial charge on any atom is -0.506 e. The third-order valence-electron chi connectivity index (χ3n) is 8.40. The Morgan fingerprint density at radius 2 is 1.55 bits per heavy atom. The van der Waals surface area contributed by atoms with Crippen LogP contribution in [0, 0.1) is 0 Å². The molecule has 0 aliphatic carbocycles. The van der Waals surface area contributed by atoms with Crippen LogP contribution in [0.1, 0.15) is 40.0 Å². The molecule has 0 saturated heterocycles. The number of phenolic OH excluding ortho intramolecular Hbond substituents is 1. The highest BCUT2D eigenvalue weighted by Gasteiger charge is 2.17. The van der Waals surface area contributed by atoms with Gasteiger partial charge in [-0.3, -0.25) is 4.79 Å². The first-order valence-electron chi connectivity index (χ1n) is 16.0. The van der Waals surface area contributed by atoms with Crippen LogP contribution in [0.25, 0.3) is 22.0 Å². The van der Waals surface area contributed by atoms with Gasteiger partial charge in [-0.05, 0) is 69.3 Å². The van der Waals surface area contributed by atoms with E-state index in [0.717, 1.165) is 33.4 Å². The van der Waals surface area contributed by atoms with Crippen LogP contribution in [0.3, 0.4) is 0 Å². The summed E-state index contributed by atoms with van der Waals surface area (Å²) in [7, 11) is 0. The number of aromatic amines is 1. The van der Waals surface area contributed by atoms with Crippen molar-refractivity contribution in [2.24, 2.45) is 0 Å². The Morgan fingerprint density at radius 1 is 0.776 bits per heavy atom. The molecule has 0 saturated carbocycles. The van der Waals surface area contributed by atoms with Crippen molar-refractivity contribution in [3.8, 4) is 22.6 Å². The van der Waals surface area contributed by atoms with E-state index in [1.165, 1.54) is 12.1 Å². The fourth-order valence-corrected chi connectivity index (χ4v) is 5.94. The van der Waals surface area contributed by atoms with Crippen LogP contribution in [-0.2, 0) is 13.0 Å². The summed E-state index contributed by atoms with van der Waals surface area (Å²) in [4.78, 5) is 25.8. The zero-order chi connectivity index (χ0) is 34.2. The summed E-state index contributed by atoms with van der Waals surface area (Å²) in [6.45, 7) is 1.31. The third-order valence-corrected chi connectivity index (χ3v) is 8.40. The van der Waals surface area contributed by atoms with Crippen LogP contribution in [-0.4, -0.2) is 39.5 Å². The van der Waals surface area contributed by atoms with E-state index in [1.807, 2.05) is 66.7 Å². The Kier molecular flexibility index (Phi) is 10.3. The molecule has 0 spiro atoms. The topological polar surface area (TPSA) is 144 Å². The molecule has 1 heterocycles. The number of aromatic nitrogens is 1. The predicted octanol–water partition coefficient (Wildman–Crippen LogP) is 6.70. The molecule has 0 radical (unpaired) electrons. The highest BCUT2D eigenvalue weighted by Crippen LogP contribution is 2.29. The molecule has 248 valence electrons. The molecule has 5 aromatic carbocycles. The van der Waals surface area contributed by atoms with Crippen molar-refractivity contribution in [2.75, 3.05) is 13.2 Å². The number of amides is 1. The number of hydrogen-bond donors (Lipinski definition) is 6. The van der Waals surface area contributed by atoms with E-state index in [2.05, 4.69) is 52.0 Å². The number of ether oxygens (including phenoxy) is 1. The van der Waals surface area contributed by atoms with Crippen molar-refractivity contribution in [3.63, 3.8) is 0 Å². The molecule has 1 amide bonds. The lowest BCUT2D eigenvalue weighted by atomic mass is 9.98. The van der Waals surface area contributed by atoms with Gasteiger partial charge in [0.15, 0.2) is 0 Å². The van der Waals surface area contributed by atoms with Crippen LogP contribution in [0.15, 0.2) is 132 Å². The molecular formula is C40H37N3O6. The molecule has 49 heavy (non-hydrogen) atoms. The molecule has 0 bridgehead atoms. The third kappa shape index (κ3) is 8.34. The number of aliphatic hydroxyl groups is 1. The van der Waals surface area contributed by atoms with Gasteiger partial charge in [0.1, 0.15) is 11.5 Å². The summed E-state index contributed by atoms with van der Waals surface area (Å²) < 4.78 is 6.06. The summed E-state index contributed by atoms with van der Waals surface area (Å²) in [5, 5.41) is 36.9. The number of hydrogen-bond acceptors (Lipinski definition) is 6. The van der Waals surface area contributed by atoms with Crippen molar-refractivity contribution >= 4 is 17.0 Å². The van der Waals surface area contributed by atoms with Gasteiger partial charge in [0, 0.05) is 31.0 Å². The first kappa shape index (κ1) is 33.0. The van der Waals surface area contributed by atoms with Crippen LogP contribution in [0.4, 0.5) is 4.79 Å². The van der Waals surface area contributed by atoms with Gasteiger partial charge in [-0.2, -0.15) is 0 Å². The highest BCUT2D eigenvalue weighted by molar-refractivity contribution is 5.87. The molecular weight excluding hydrogens is 618 g/mol. The maximum Gasteiger partial charge on any atom is 0.405 e. The summed E-state index contributed by atoms with van der Waals surface area (Å²) in [6.07, 6.45) is -1.22. The lowest BCUT2D eigenvalue weighted by Gasteiger charge is -2.19. The van der Waals surface area contributed by atoms with Crippen molar-refractivity contribution in [3.05, 3.63) is 166 Å². The number of pyridine rings is 1. The lowest BCUT2D eigenvalue weighted by molar-refractivity contribution is 0.176. The first-order valence-corrected chi connectivity index (χ1v) is 16.0. The number of fused-ring (bicyclic) bond motifs is 1. The fraction of sp³-hybridized carbons (Fsp3) is 0.150. The van der Waals surface area contributed by atoms with E-state index in [9.17, 15) is 24.9 Å². The van der Waals surface area contributed by atoms with E-state index in [4.69, 9.17) is 4.74 Å². The van der Waals surface area contributed by atoms with Gasteiger partial charge >= 0.3 is 6.09 Å². The van der Waals surface area contributed by atoms with Gasteiger partial charge in [0.2, 0.25) is 5.56 Å². The molecule has 9 heteroatoms. The molecule has 6 rings (SSSR count). The zero-order valence-corrected chi connectivity index (χ0v) is 26.7. The van der Waals surface area contributed by atoms with E-state index in [-0.39, 0.29) is 17.9 Å². The Labute approximate surface area is 283 Å². The van der Waals surface area contributed by atoms with Crippen molar-refractivity contribution < 1.29 is 24.9 Å². The second-order valence-electron chi connectivity index (χ2n) is 11.8. The second-order valence-corrected chi connectivity index (χ2v) is 11.8. The highest BCUT2D eigenvalue weighted by atomic mass is 16.5. The molecule has 0 aliphatic heterocycles. The summed E-state index contributed by atoms with van der Waals surface area (Å²) in [6, 6.07) is 39.2. The van der Waals surface area contributed by atoms with Crippen LogP contribution < -0.4 is 20.9 Å². The van der Waals surface area contributed by atoms with Gasteiger partial charge < -0.3 is 35.7 Å². The Morgan fingerprint density at radius 3 is 2.35 bits per heavy atom. The number of aromatic hydroxyl groups is 1. The molecule has 2 atom stereocenters. The molecule has 1 unspecified atom stereocenters. The smallest absolute Gasteiger partial charge is 0.405 e. The number of phenols is 1. The van der Waals surface area contributed by atoms with Crippen LogP contribution in [0.2, 0.25) is 0 Å². The van der Waals surface area contributed by atoms with Gasteiger partial charge in [-0.25, -0.2) is 4.79 Å². The predicted molar refractivity (Wildman–Crippen MR) is 190 cm³/mol. The van der Waals surface area contributed by atoms with Gasteiger partial charge in [-0.15, -0.1) is 0 Å². The Hall–Kier alpha value is -5.90. The normalized spacial score (nSPS) is 12.3. The van der Waals surface area contributed by atoms with Gasteiger partial charge in [0.25, 0.3) is 0 Å². The van der Waals surface area contributed by atoms with Crippen molar-refractivity contribution in [2.45, 2.75) is 25.1 Å². The first-order chi connectivity index (χ1) is 23.8. The second kappa shape index (κ2) is 15.3. The van der Waals surface area contributed by atoms with Crippen LogP contribution in [0.5, 0.6) is 11.5 Å². The molecule has 1 aromatic heterocycles. The SMILES string of the molecule is O=C(O)NC(c1ccccc1)c1cccc(OCCc2ccc(-c3cccc(CNC[C@@H](O)c4ccc(O)c5[nH]c(=O)ccc45)c3)cc2)c1. The van der Waals surface area contributed by atoms with E-state index < -0.39 is 18.2 Å². The van der Waals surface area contributed by atoms with Crippen molar-refractivity contribution in [1.82, 2.24) is 15.6 Å². The van der Waals surface area contributed by atoms with Gasteiger partial charge in [0.05, 0.1) is 24.3 Å². The number of carbonyl (C=O) groups is 1. The summed E-state index contributed by atoms with van der Waals surface area (Å²) in [5.74, 6) is 0.634. The number of rotatable bonds is 13. The van der Waals surface area contributed by atoms with Crippen molar-refractivity contribution in [1.29, 1.82) is 0 Å². The minimum absolute atomic E-state index is 0.0396. The largest absolute Gasteiger partial charge is 0.506 e.